The van der Waals surface area contributed by atoms with Gasteiger partial charge in [0.15, 0.2) is 11.6 Å². The Morgan fingerprint density at radius 2 is 1.89 bits per heavy atom. The number of H-pyrrole nitrogens is 1. The van der Waals surface area contributed by atoms with Gasteiger partial charge in [0.05, 0.1) is 22.9 Å². The standard InChI is InChI=1S/C26H24FN5O3S/c1-17(19-10-8-18(15-28)9-11-19)14-21-22(16-30-26(21)29-2)25(33)20-6-5-7-23(24(20)27)31-36(34,35)32-12-3-4-13-32/h5-11,14,16,30-31H,2-4,12-13H2,1H3/b17-14+. The van der Waals surface area contributed by atoms with E-state index in [4.69, 9.17) is 5.26 Å². The van der Waals surface area contributed by atoms with Crippen molar-refractivity contribution < 1.29 is 17.6 Å². The molecule has 1 aromatic heterocycles. The fourth-order valence-electron chi connectivity index (χ4n) is 4.06. The molecule has 1 aliphatic rings. The maximum absolute atomic E-state index is 15.4. The Morgan fingerprint density at radius 3 is 2.53 bits per heavy atom. The van der Waals surface area contributed by atoms with Crippen molar-refractivity contribution in [1.82, 2.24) is 9.29 Å². The molecule has 184 valence electrons. The largest absolute Gasteiger partial charge is 0.345 e. The number of nitrogens with zero attached hydrogens (tertiary/aromatic N) is 3. The van der Waals surface area contributed by atoms with Crippen LogP contribution in [0.25, 0.3) is 11.6 Å². The lowest BCUT2D eigenvalue weighted by atomic mass is 9.98. The Labute approximate surface area is 209 Å². The molecule has 4 rings (SSSR count). The highest BCUT2D eigenvalue weighted by Gasteiger charge is 2.28. The van der Waals surface area contributed by atoms with Crippen LogP contribution in [0.3, 0.4) is 0 Å². The van der Waals surface area contributed by atoms with E-state index in [-0.39, 0.29) is 16.8 Å². The number of hydrogen-bond acceptors (Lipinski definition) is 5. The van der Waals surface area contributed by atoms with Crippen LogP contribution in [0.1, 0.15) is 52.4 Å². The van der Waals surface area contributed by atoms with Gasteiger partial charge in [0, 0.05) is 30.4 Å². The number of carbonyl (C=O) groups is 1. The molecule has 0 saturated carbocycles. The Morgan fingerprint density at radius 1 is 1.19 bits per heavy atom. The molecular weight excluding hydrogens is 481 g/mol. The summed E-state index contributed by atoms with van der Waals surface area (Å²) in [5, 5.41) is 9.01. The first-order valence-electron chi connectivity index (χ1n) is 11.2. The van der Waals surface area contributed by atoms with Gasteiger partial charge in [-0.05, 0) is 68.0 Å². The molecular formula is C26H24FN5O3S. The summed E-state index contributed by atoms with van der Waals surface area (Å²) in [6.07, 6.45) is 4.64. The first-order chi connectivity index (χ1) is 17.2. The second kappa shape index (κ2) is 10.3. The van der Waals surface area contributed by atoms with Crippen LogP contribution in [0.5, 0.6) is 0 Å². The lowest BCUT2D eigenvalue weighted by molar-refractivity contribution is 0.103. The van der Waals surface area contributed by atoms with E-state index >= 15 is 4.39 Å². The summed E-state index contributed by atoms with van der Waals surface area (Å²) in [6, 6.07) is 13.0. The van der Waals surface area contributed by atoms with Crippen molar-refractivity contribution in [2.75, 3.05) is 17.8 Å². The fourth-order valence-corrected chi connectivity index (χ4v) is 5.36. The SMILES string of the molecule is C=Nc1[nH]cc(C(=O)c2cccc(NS(=O)(=O)N3CCCC3)c2F)c1/C=C(\C)c1ccc(C#N)cc1. The lowest BCUT2D eigenvalue weighted by Gasteiger charge is -2.17. The third-order valence-corrected chi connectivity index (χ3v) is 7.54. The van der Waals surface area contributed by atoms with Crippen molar-refractivity contribution in [3.8, 4) is 6.07 Å². The molecule has 0 unspecified atom stereocenters. The highest BCUT2D eigenvalue weighted by atomic mass is 32.2. The zero-order valence-electron chi connectivity index (χ0n) is 19.6. The van der Waals surface area contributed by atoms with Gasteiger partial charge in [-0.3, -0.25) is 9.52 Å². The van der Waals surface area contributed by atoms with E-state index in [1.807, 2.05) is 6.92 Å². The summed E-state index contributed by atoms with van der Waals surface area (Å²) in [5.74, 6) is -1.27. The van der Waals surface area contributed by atoms with Crippen molar-refractivity contribution in [3.63, 3.8) is 0 Å². The van der Waals surface area contributed by atoms with Gasteiger partial charge in [-0.2, -0.15) is 18.0 Å². The number of nitriles is 1. The van der Waals surface area contributed by atoms with E-state index in [0.29, 0.717) is 30.0 Å². The third kappa shape index (κ3) is 4.98. The van der Waals surface area contributed by atoms with Crippen molar-refractivity contribution >= 4 is 45.9 Å². The van der Waals surface area contributed by atoms with Gasteiger partial charge in [0.2, 0.25) is 0 Å². The highest BCUT2D eigenvalue weighted by Crippen LogP contribution is 2.31. The number of nitrogens with one attached hydrogen (secondary N) is 2. The first-order valence-corrected chi connectivity index (χ1v) is 12.7. The van der Waals surface area contributed by atoms with Gasteiger partial charge in [-0.15, -0.1) is 0 Å². The zero-order chi connectivity index (χ0) is 25.9. The van der Waals surface area contributed by atoms with Crippen molar-refractivity contribution in [2.24, 2.45) is 4.99 Å². The number of carbonyl (C=O) groups excluding carboxylic acids is 1. The number of halogens is 1. The smallest absolute Gasteiger partial charge is 0.301 e. The highest BCUT2D eigenvalue weighted by molar-refractivity contribution is 7.90. The van der Waals surface area contributed by atoms with Crippen LogP contribution < -0.4 is 4.72 Å². The maximum atomic E-state index is 15.4. The molecule has 8 nitrogen and oxygen atoms in total. The predicted octanol–water partition coefficient (Wildman–Crippen LogP) is 4.90. The predicted molar refractivity (Wildman–Crippen MR) is 138 cm³/mol. The molecule has 0 amide bonds. The Hall–Kier alpha value is -4.07. The number of aromatic nitrogens is 1. The molecule has 1 saturated heterocycles. The number of rotatable bonds is 8. The average molecular weight is 506 g/mol. The quantitative estimate of drug-likeness (QED) is 0.334. The normalized spacial score (nSPS) is 14.4. The molecule has 0 radical (unpaired) electrons. The number of allylic oxidation sites excluding steroid dienone is 1. The number of aliphatic imine (C=N–C) groups is 1. The lowest BCUT2D eigenvalue weighted by Crippen LogP contribution is -2.33. The summed E-state index contributed by atoms with van der Waals surface area (Å²) >= 11 is 0. The molecule has 0 spiro atoms. The molecule has 2 heterocycles. The molecule has 2 aromatic carbocycles. The first kappa shape index (κ1) is 25.0. The fraction of sp³-hybridized carbons (Fsp3) is 0.192. The van der Waals surface area contributed by atoms with Crippen LogP contribution in [0.2, 0.25) is 0 Å². The zero-order valence-corrected chi connectivity index (χ0v) is 20.4. The number of ketones is 1. The Kier molecular flexibility index (Phi) is 7.15. The van der Waals surface area contributed by atoms with Gasteiger partial charge in [0.25, 0.3) is 0 Å². The molecule has 3 aromatic rings. The Bertz CT molecular complexity index is 1500. The summed E-state index contributed by atoms with van der Waals surface area (Å²) in [7, 11) is -3.93. The summed E-state index contributed by atoms with van der Waals surface area (Å²) in [5.41, 5.74) is 2.13. The summed E-state index contributed by atoms with van der Waals surface area (Å²) in [4.78, 5) is 20.2. The summed E-state index contributed by atoms with van der Waals surface area (Å²) in [6.45, 7) is 6.10. The monoisotopic (exact) mass is 505 g/mol. The third-order valence-electron chi connectivity index (χ3n) is 6.02. The van der Waals surface area contributed by atoms with Crippen LogP contribution in [-0.2, 0) is 10.2 Å². The van der Waals surface area contributed by atoms with Crippen LogP contribution >= 0.6 is 0 Å². The van der Waals surface area contributed by atoms with Crippen molar-refractivity contribution in [2.45, 2.75) is 19.8 Å². The van der Waals surface area contributed by atoms with Crippen LogP contribution in [-0.4, -0.2) is 43.3 Å². The minimum Gasteiger partial charge on any atom is -0.345 e. The van der Waals surface area contributed by atoms with E-state index in [9.17, 15) is 13.2 Å². The van der Waals surface area contributed by atoms with E-state index in [2.05, 4.69) is 27.5 Å². The molecule has 10 heteroatoms. The number of anilines is 1. The number of aromatic amines is 1. The maximum Gasteiger partial charge on any atom is 0.301 e. The van der Waals surface area contributed by atoms with Crippen LogP contribution in [0, 0.1) is 17.1 Å². The van der Waals surface area contributed by atoms with Crippen LogP contribution in [0.4, 0.5) is 15.9 Å². The van der Waals surface area contributed by atoms with Gasteiger partial charge in [-0.25, -0.2) is 9.38 Å². The molecule has 0 bridgehead atoms. The minimum absolute atomic E-state index is 0.156. The molecule has 0 atom stereocenters. The second-order valence-corrected chi connectivity index (χ2v) is 10.0. The van der Waals surface area contributed by atoms with Crippen molar-refractivity contribution in [1.29, 1.82) is 5.26 Å². The van der Waals surface area contributed by atoms with E-state index in [1.165, 1.54) is 28.7 Å². The van der Waals surface area contributed by atoms with Gasteiger partial charge in [0.1, 0.15) is 5.82 Å². The van der Waals surface area contributed by atoms with Gasteiger partial charge in [-0.1, -0.05) is 18.2 Å². The Balaban J connectivity index is 1.69. The summed E-state index contributed by atoms with van der Waals surface area (Å²) < 4.78 is 44.1. The molecule has 1 aliphatic heterocycles. The molecule has 2 N–H and O–H groups in total. The minimum atomic E-state index is -3.93. The van der Waals surface area contributed by atoms with E-state index in [1.54, 1.807) is 30.3 Å². The average Bonchev–Trinajstić information content (AvgIpc) is 3.56. The van der Waals surface area contributed by atoms with Crippen molar-refractivity contribution in [3.05, 3.63) is 82.3 Å². The van der Waals surface area contributed by atoms with Gasteiger partial charge >= 0.3 is 10.2 Å². The molecule has 0 aliphatic carbocycles. The molecule has 36 heavy (non-hydrogen) atoms. The van der Waals surface area contributed by atoms with E-state index in [0.717, 1.165) is 24.0 Å². The topological polar surface area (TPSA) is 118 Å². The molecule has 1 fully saturated rings. The van der Waals surface area contributed by atoms with E-state index < -0.39 is 21.8 Å². The van der Waals surface area contributed by atoms with Gasteiger partial charge < -0.3 is 4.98 Å². The second-order valence-electron chi connectivity index (χ2n) is 8.35. The number of benzene rings is 2. The van der Waals surface area contributed by atoms with Crippen LogP contribution in [0.15, 0.2) is 53.7 Å². The number of hydrogen-bond donors (Lipinski definition) is 2.